The highest BCUT2D eigenvalue weighted by Crippen LogP contribution is 2.34. The molecule has 1 saturated heterocycles. The van der Waals surface area contributed by atoms with Crippen molar-refractivity contribution in [2.45, 2.75) is 65.0 Å². The minimum atomic E-state index is 0.121. The molecule has 0 spiro atoms. The normalized spacial score (nSPS) is 24.5. The first-order valence-corrected chi connectivity index (χ1v) is 7.16. The Bertz CT molecular complexity index is 212. The van der Waals surface area contributed by atoms with Gasteiger partial charge >= 0.3 is 0 Å². The summed E-state index contributed by atoms with van der Waals surface area (Å²) >= 11 is 0. The number of rotatable bonds is 6. The number of likely N-dealkylation sites (tertiary alicyclic amines) is 1. The molecule has 2 unspecified atom stereocenters. The highest BCUT2D eigenvalue weighted by atomic mass is 16.3. The topological polar surface area (TPSA) is 49.5 Å². The minimum absolute atomic E-state index is 0.121. The summed E-state index contributed by atoms with van der Waals surface area (Å²) in [6.07, 6.45) is 5.83. The van der Waals surface area contributed by atoms with Gasteiger partial charge in [-0.15, -0.1) is 0 Å². The van der Waals surface area contributed by atoms with Crippen molar-refractivity contribution in [2.75, 3.05) is 19.7 Å². The largest absolute Gasteiger partial charge is 0.395 e. The van der Waals surface area contributed by atoms with Crippen molar-refractivity contribution in [2.24, 2.45) is 11.1 Å². The Morgan fingerprint density at radius 3 is 2.29 bits per heavy atom. The summed E-state index contributed by atoms with van der Waals surface area (Å²) in [4.78, 5) is 2.40. The van der Waals surface area contributed by atoms with Crippen LogP contribution in [-0.2, 0) is 0 Å². The second-order valence-electron chi connectivity index (χ2n) is 5.90. The van der Waals surface area contributed by atoms with Crippen LogP contribution in [0.3, 0.4) is 0 Å². The molecule has 0 bridgehead atoms. The van der Waals surface area contributed by atoms with Crippen LogP contribution in [0, 0.1) is 5.41 Å². The maximum atomic E-state index is 9.54. The second kappa shape index (κ2) is 6.72. The van der Waals surface area contributed by atoms with E-state index >= 15 is 0 Å². The molecule has 1 aliphatic rings. The summed E-state index contributed by atoms with van der Waals surface area (Å²) in [5, 5.41) is 9.54. The van der Waals surface area contributed by atoms with Crippen molar-refractivity contribution in [3.63, 3.8) is 0 Å². The molecule has 0 aromatic heterocycles. The number of aliphatic hydroxyl groups excluding tert-OH is 1. The molecule has 3 heteroatoms. The fourth-order valence-electron chi connectivity index (χ4n) is 2.80. The lowest BCUT2D eigenvalue weighted by Crippen LogP contribution is -2.53. The Hall–Kier alpha value is -0.120. The van der Waals surface area contributed by atoms with Crippen molar-refractivity contribution >= 4 is 0 Å². The average Bonchev–Trinajstić information content (AvgIpc) is 2.33. The van der Waals surface area contributed by atoms with E-state index in [0.29, 0.717) is 5.41 Å². The van der Waals surface area contributed by atoms with E-state index in [1.165, 1.54) is 19.3 Å². The lowest BCUT2D eigenvalue weighted by atomic mass is 9.77. The zero-order valence-electron chi connectivity index (χ0n) is 11.8. The highest BCUT2D eigenvalue weighted by Gasteiger charge is 2.32. The Balaban J connectivity index is 2.50. The van der Waals surface area contributed by atoms with Gasteiger partial charge in [-0.25, -0.2) is 0 Å². The van der Waals surface area contributed by atoms with Crippen molar-refractivity contribution in [3.05, 3.63) is 0 Å². The molecule has 1 heterocycles. The lowest BCUT2D eigenvalue weighted by Gasteiger charge is -2.43. The molecule has 102 valence electrons. The molecule has 0 aromatic rings. The lowest BCUT2D eigenvalue weighted by molar-refractivity contribution is 0.0413. The number of hydrogen-bond donors (Lipinski definition) is 2. The molecular formula is C14H30N2O. The molecule has 0 radical (unpaired) electrons. The molecule has 0 aliphatic carbocycles. The zero-order valence-corrected chi connectivity index (χ0v) is 11.8. The molecule has 0 aromatic carbocycles. The van der Waals surface area contributed by atoms with Crippen molar-refractivity contribution < 1.29 is 5.11 Å². The summed E-state index contributed by atoms with van der Waals surface area (Å²) in [5.74, 6) is 0. The van der Waals surface area contributed by atoms with Crippen molar-refractivity contribution in [3.8, 4) is 0 Å². The van der Waals surface area contributed by atoms with Crippen molar-refractivity contribution in [1.82, 2.24) is 4.90 Å². The van der Waals surface area contributed by atoms with E-state index in [0.717, 1.165) is 25.9 Å². The number of nitrogens with two attached hydrogens (primary N) is 1. The molecular weight excluding hydrogens is 212 g/mol. The van der Waals surface area contributed by atoms with Gasteiger partial charge in [-0.3, -0.25) is 4.90 Å². The van der Waals surface area contributed by atoms with Crippen LogP contribution in [0.15, 0.2) is 0 Å². The van der Waals surface area contributed by atoms with E-state index in [1.54, 1.807) is 0 Å². The average molecular weight is 242 g/mol. The number of hydrogen-bond acceptors (Lipinski definition) is 3. The summed E-state index contributed by atoms with van der Waals surface area (Å²) in [6.45, 7) is 9.19. The van der Waals surface area contributed by atoms with Gasteiger partial charge in [0.25, 0.3) is 0 Å². The van der Waals surface area contributed by atoms with E-state index in [9.17, 15) is 5.11 Å². The predicted molar refractivity (Wildman–Crippen MR) is 73.0 cm³/mol. The van der Waals surface area contributed by atoms with Gasteiger partial charge < -0.3 is 10.8 Å². The van der Waals surface area contributed by atoms with Gasteiger partial charge in [0.15, 0.2) is 0 Å². The maximum Gasteiger partial charge on any atom is 0.0601 e. The summed E-state index contributed by atoms with van der Waals surface area (Å²) in [5.41, 5.74) is 6.67. The number of nitrogens with zero attached hydrogens (tertiary/aromatic N) is 1. The first kappa shape index (κ1) is 14.9. The third-order valence-corrected chi connectivity index (χ3v) is 4.63. The van der Waals surface area contributed by atoms with Crippen LogP contribution in [0.1, 0.15) is 52.9 Å². The van der Waals surface area contributed by atoms with Crippen LogP contribution in [0.5, 0.6) is 0 Å². The molecule has 3 N–H and O–H groups in total. The predicted octanol–water partition coefficient (Wildman–Crippen LogP) is 1.99. The molecule has 1 rings (SSSR count). The molecule has 2 atom stereocenters. The second-order valence-corrected chi connectivity index (χ2v) is 5.90. The molecule has 1 fully saturated rings. The summed E-state index contributed by atoms with van der Waals surface area (Å²) in [6, 6.07) is 0.285. The fourth-order valence-corrected chi connectivity index (χ4v) is 2.80. The van der Waals surface area contributed by atoms with Gasteiger partial charge in [0, 0.05) is 12.1 Å². The smallest absolute Gasteiger partial charge is 0.0601 e. The Labute approximate surface area is 106 Å². The van der Waals surface area contributed by atoms with Crippen LogP contribution in [0.4, 0.5) is 0 Å². The monoisotopic (exact) mass is 242 g/mol. The third kappa shape index (κ3) is 3.94. The van der Waals surface area contributed by atoms with E-state index < -0.39 is 0 Å². The van der Waals surface area contributed by atoms with Gasteiger partial charge in [0.05, 0.1) is 6.61 Å². The minimum Gasteiger partial charge on any atom is -0.395 e. The van der Waals surface area contributed by atoms with Crippen LogP contribution < -0.4 is 5.73 Å². The SMILES string of the molecule is CCCC(N)C(CO)N1CCC(C)(CC)CC1. The van der Waals surface area contributed by atoms with Crippen LogP contribution in [0.2, 0.25) is 0 Å². The van der Waals surface area contributed by atoms with Crippen molar-refractivity contribution in [1.29, 1.82) is 0 Å². The zero-order chi connectivity index (χ0) is 12.9. The standard InChI is InChI=1S/C14H30N2O/c1-4-6-12(15)13(11-17)16-9-7-14(3,5-2)8-10-16/h12-13,17H,4-11,15H2,1-3H3. The highest BCUT2D eigenvalue weighted by molar-refractivity contribution is 4.88. The van der Waals surface area contributed by atoms with Crippen LogP contribution in [-0.4, -0.2) is 41.8 Å². The quantitative estimate of drug-likeness (QED) is 0.749. The van der Waals surface area contributed by atoms with Gasteiger partial charge in [-0.1, -0.05) is 33.6 Å². The molecule has 17 heavy (non-hydrogen) atoms. The molecule has 1 aliphatic heterocycles. The fraction of sp³-hybridized carbons (Fsp3) is 1.00. The van der Waals surface area contributed by atoms with Gasteiger partial charge in [0.2, 0.25) is 0 Å². The van der Waals surface area contributed by atoms with E-state index in [1.807, 2.05) is 0 Å². The summed E-state index contributed by atoms with van der Waals surface area (Å²) in [7, 11) is 0. The van der Waals surface area contributed by atoms with Gasteiger partial charge in [0.1, 0.15) is 0 Å². The van der Waals surface area contributed by atoms with Gasteiger partial charge in [-0.05, 0) is 37.8 Å². The first-order valence-electron chi connectivity index (χ1n) is 7.16. The Morgan fingerprint density at radius 2 is 1.88 bits per heavy atom. The van der Waals surface area contributed by atoms with Gasteiger partial charge in [-0.2, -0.15) is 0 Å². The first-order chi connectivity index (χ1) is 8.06. The van der Waals surface area contributed by atoms with E-state index in [4.69, 9.17) is 5.73 Å². The number of aliphatic hydroxyl groups is 1. The Kier molecular flexibility index (Phi) is 5.90. The molecule has 0 amide bonds. The number of piperidine rings is 1. The molecule has 0 saturated carbocycles. The van der Waals surface area contributed by atoms with E-state index in [2.05, 4.69) is 25.7 Å². The van der Waals surface area contributed by atoms with Crippen LogP contribution in [0.25, 0.3) is 0 Å². The maximum absolute atomic E-state index is 9.54. The van der Waals surface area contributed by atoms with Crippen LogP contribution >= 0.6 is 0 Å². The Morgan fingerprint density at radius 1 is 1.29 bits per heavy atom. The molecule has 3 nitrogen and oxygen atoms in total. The third-order valence-electron chi connectivity index (χ3n) is 4.63. The summed E-state index contributed by atoms with van der Waals surface area (Å²) < 4.78 is 0. The van der Waals surface area contributed by atoms with E-state index in [-0.39, 0.29) is 18.7 Å².